The summed E-state index contributed by atoms with van der Waals surface area (Å²) in [6.45, 7) is 38.0. The summed E-state index contributed by atoms with van der Waals surface area (Å²) in [6, 6.07) is 76.5. The molecule has 4 aromatic heterocycles. The Bertz CT molecular complexity index is 6860. The predicted molar refractivity (Wildman–Crippen MR) is 605 cm³/mol. The number of rotatable bonds is 13. The zero-order valence-corrected chi connectivity index (χ0v) is 93.0. The van der Waals surface area contributed by atoms with Gasteiger partial charge < -0.3 is 0 Å². The number of pyridine rings is 4. The number of aromatic nitrogens is 4. The third-order valence-electron chi connectivity index (χ3n) is 36.7. The molecule has 4 nitrogen and oxygen atoms in total. The van der Waals surface area contributed by atoms with Crippen LogP contribution in [0.3, 0.4) is 0 Å². The fraction of sp³-hybridized carbons (Fsp3) is 0.492. The zero-order valence-electron chi connectivity index (χ0n) is 94.0. The van der Waals surface area contributed by atoms with Crippen molar-refractivity contribution in [2.24, 2.45) is 28.2 Å². The lowest BCUT2D eigenvalue weighted by Gasteiger charge is -2.33. The molecule has 724 valence electrons. The van der Waals surface area contributed by atoms with Gasteiger partial charge in [0.05, 0.1) is 43.7 Å². The highest BCUT2D eigenvalue weighted by atomic mass is 28.3. The van der Waals surface area contributed by atoms with E-state index in [1.54, 1.807) is 5.56 Å². The number of nitrogens with zero attached hydrogens (tertiary/aromatic N) is 4. The molecule has 0 radical (unpaired) electrons. The minimum absolute atomic E-state index is 0.332. The average molecular weight is 1910 g/mol. The first-order chi connectivity index (χ1) is 68.4. The van der Waals surface area contributed by atoms with E-state index in [-0.39, 0.29) is 0 Å². The molecule has 0 unspecified atom stereocenters. The lowest BCUT2D eigenvalue weighted by molar-refractivity contribution is -0.665. The number of hydrogen-bond donors (Lipinski definition) is 0. The van der Waals surface area contributed by atoms with Crippen LogP contribution in [0.1, 0.15) is 323 Å². The molecule has 4 aliphatic heterocycles. The second-order valence-electron chi connectivity index (χ2n) is 48.6. The van der Waals surface area contributed by atoms with Gasteiger partial charge in [0, 0.05) is 82.8 Å². The summed E-state index contributed by atoms with van der Waals surface area (Å²) >= 11 is 0. The van der Waals surface area contributed by atoms with Gasteiger partial charge in [-0.15, -0.1) is 0 Å². The third-order valence-corrected chi connectivity index (χ3v) is 49.8. The van der Waals surface area contributed by atoms with Crippen LogP contribution in [-0.2, 0) is 28.2 Å². The van der Waals surface area contributed by atoms with Crippen molar-refractivity contribution in [1.29, 1.82) is 0 Å². The van der Waals surface area contributed by atoms with E-state index in [1.807, 2.05) is 11.6 Å². The quantitative estimate of drug-likeness (QED) is 0.0808. The first-order valence-corrected chi connectivity index (χ1v) is 68.8. The highest BCUT2D eigenvalue weighted by Gasteiger charge is 2.38. The van der Waals surface area contributed by atoms with Gasteiger partial charge in [-0.3, -0.25) is 0 Å². The maximum absolute atomic E-state index is 9.05. The van der Waals surface area contributed by atoms with E-state index in [1.165, 1.54) is 362 Å². The summed E-state index contributed by atoms with van der Waals surface area (Å²) in [5.41, 5.74) is 34.4. The van der Waals surface area contributed by atoms with Gasteiger partial charge in [-0.05, 0) is 338 Å². The maximum atomic E-state index is 9.05. The molecule has 8 heterocycles. The molecular weight excluding hydrogens is 1730 g/mol. The Morgan fingerprint density at radius 2 is 0.558 bits per heavy atom. The van der Waals surface area contributed by atoms with Crippen LogP contribution in [0, 0.1) is 55.4 Å². The smallest absolute Gasteiger partial charge is 0.200 e. The standard InChI is InChI=1S/C36H50NSi.C32H44NSi.C31H42NSi.C31H36NSi/c1-26-34(29-13-9-6-10-14-29)24-32(27-11-7-5-8-12-27)25-35(26)36-33-16-15-30(23-31(33)17-20-37(36)2)28-18-21-38(3,4)22-19-28;1-22-18-28(25-10-8-7-9-11-25)21-31(24(22)3)32-30-13-12-27(20-29(30)19-23(2)33(32)4)26-14-16-34(5,6)17-15-26;2*1-22-11-12-27(24-9-7-6-8-10-24)21-30(22)31-29-14-13-26(20-28(29)19-23(2)32(31)3)25-15-17-33(4,5)18-16-25/h15-17,20,23-25,27-29H,5-14,18-19,21-22H2,1-4H3;12-13,18-21,25-26H,7-11,14-17H2,1-6H3;11-14,19-21,24-25H,6-10,15-18H2,1-5H3;6-14,19-21,25H,15-18H2,1-5H3/q4*+1/i17D,20D;3*19D. The minimum Gasteiger partial charge on any atom is -0.200 e. The second kappa shape index (κ2) is 42.6. The van der Waals surface area contributed by atoms with Gasteiger partial charge in [0.2, 0.25) is 22.8 Å². The molecule has 4 aliphatic carbocycles. The number of aryl methyl sites for hydroxylation is 3. The van der Waals surface area contributed by atoms with E-state index in [4.69, 9.17) is 6.85 Å². The second-order valence-corrected chi connectivity index (χ2v) is 69.9. The van der Waals surface area contributed by atoms with Crippen molar-refractivity contribution in [2.75, 3.05) is 0 Å². The highest BCUT2D eigenvalue weighted by molar-refractivity contribution is 6.78. The van der Waals surface area contributed by atoms with Gasteiger partial charge in [0.15, 0.2) is 23.3 Å². The van der Waals surface area contributed by atoms with Crippen LogP contribution in [0.2, 0.25) is 101 Å². The van der Waals surface area contributed by atoms with E-state index in [2.05, 4.69) is 306 Å². The predicted octanol–water partition coefficient (Wildman–Crippen LogP) is 36.0. The van der Waals surface area contributed by atoms with Crippen LogP contribution >= 0.6 is 0 Å². The molecule has 8 heteroatoms. The number of fused-ring (bicyclic) bond motifs is 4. The molecule has 0 amide bonds. The fourth-order valence-corrected chi connectivity index (χ4v) is 36.6. The van der Waals surface area contributed by atoms with E-state index < -0.39 is 32.3 Å². The van der Waals surface area contributed by atoms with Crippen LogP contribution in [0.4, 0.5) is 0 Å². The summed E-state index contributed by atoms with van der Waals surface area (Å²) in [5, 5.41) is 9.13. The number of hydrogen-bond acceptors (Lipinski definition) is 0. The topological polar surface area (TPSA) is 15.5 Å². The minimum atomic E-state index is -1.02. The molecule has 0 atom stereocenters. The third kappa shape index (κ3) is 22.3. The maximum Gasteiger partial charge on any atom is 0.220 e. The summed E-state index contributed by atoms with van der Waals surface area (Å²) < 4.78 is 53.9. The van der Waals surface area contributed by atoms with Gasteiger partial charge >= 0.3 is 0 Å². The van der Waals surface area contributed by atoms with Crippen LogP contribution in [0.5, 0.6) is 0 Å². The van der Waals surface area contributed by atoms with Crippen molar-refractivity contribution in [2.45, 2.75) is 383 Å². The molecule has 0 N–H and O–H groups in total. The molecule has 13 aromatic rings. The molecule has 0 spiro atoms. The summed E-state index contributed by atoms with van der Waals surface area (Å²) in [5.74, 6) is 5.28. The monoisotopic (exact) mass is 1910 g/mol. The molecule has 138 heavy (non-hydrogen) atoms. The Hall–Kier alpha value is -8.51. The van der Waals surface area contributed by atoms with Crippen LogP contribution in [0.25, 0.3) is 99.2 Å². The summed E-state index contributed by atoms with van der Waals surface area (Å²) in [6.07, 6.45) is 37.7. The highest BCUT2D eigenvalue weighted by Crippen LogP contribution is 2.50. The normalized spacial score (nSPS) is 19.9. The Balaban J connectivity index is 0.000000126. The lowest BCUT2D eigenvalue weighted by atomic mass is 9.76. The molecular formula is C130H172N4Si4+4. The van der Waals surface area contributed by atoms with E-state index in [9.17, 15) is 0 Å². The summed E-state index contributed by atoms with van der Waals surface area (Å²) in [4.78, 5) is 0. The Kier molecular flexibility index (Phi) is 28.7. The van der Waals surface area contributed by atoms with Crippen molar-refractivity contribution in [3.63, 3.8) is 0 Å². The first kappa shape index (κ1) is 93.2. The van der Waals surface area contributed by atoms with Gasteiger partial charge in [-0.25, -0.2) is 4.57 Å². The van der Waals surface area contributed by atoms with Crippen molar-refractivity contribution >= 4 is 75.4 Å². The van der Waals surface area contributed by atoms with Gasteiger partial charge in [0.1, 0.15) is 29.6 Å². The molecule has 0 bridgehead atoms. The molecule has 4 saturated carbocycles. The Morgan fingerprint density at radius 1 is 0.254 bits per heavy atom. The number of benzene rings is 9. The fourth-order valence-electron chi connectivity index (χ4n) is 26.6. The van der Waals surface area contributed by atoms with Gasteiger partial charge in [-0.2, -0.15) is 13.7 Å². The lowest BCUT2D eigenvalue weighted by Crippen LogP contribution is -2.35. The molecule has 4 saturated heterocycles. The summed E-state index contributed by atoms with van der Waals surface area (Å²) in [7, 11) is 4.50. The Morgan fingerprint density at radius 3 is 0.957 bits per heavy atom. The molecule has 8 aliphatic rings. The zero-order chi connectivity index (χ0) is 101. The average Bonchev–Trinajstić information content (AvgIpc) is 0.772. The van der Waals surface area contributed by atoms with E-state index in [0.29, 0.717) is 77.7 Å². The molecule has 9 aromatic carbocycles. The van der Waals surface area contributed by atoms with E-state index in [0.717, 1.165) is 49.7 Å². The van der Waals surface area contributed by atoms with Crippen molar-refractivity contribution in [1.82, 2.24) is 0 Å². The molecule has 21 rings (SSSR count). The van der Waals surface area contributed by atoms with Crippen LogP contribution < -0.4 is 18.3 Å². The van der Waals surface area contributed by atoms with Crippen molar-refractivity contribution in [3.8, 4) is 56.2 Å². The van der Waals surface area contributed by atoms with Crippen molar-refractivity contribution in [3.05, 3.63) is 284 Å². The van der Waals surface area contributed by atoms with Gasteiger partial charge in [-0.1, -0.05) is 293 Å². The van der Waals surface area contributed by atoms with Gasteiger partial charge in [0.25, 0.3) is 0 Å². The SMILES string of the molecule is [2H]c1c(C)[n+](C)c(-c2cc(-c3ccccc3)ccc2C)c2ccc(C3CC[Si](C)(C)CC3)cc12.[2H]c1c(C)[n+](C)c(-c2cc(C3CCCCC3)cc(C)c2C)c2ccc(C3CC[Si](C)(C)CC3)cc12.[2H]c1c(C)[n+](C)c(-c2cc(C3CCCCC3)ccc2C)c2ccc(C3CC[Si](C)(C)CC3)cc12.[2H]c1c([2H])[n+](C)c(-c2cc(C3CCCCC3)cc(C3CCCCC3)c2C)c2ccc(C3CC[Si](C)(C)CC3)cc12. The molecule has 8 fully saturated rings. The Labute approximate surface area is 845 Å². The van der Waals surface area contributed by atoms with Crippen LogP contribution in [0.15, 0.2) is 194 Å². The van der Waals surface area contributed by atoms with Crippen LogP contribution in [-0.4, -0.2) is 32.3 Å². The van der Waals surface area contributed by atoms with E-state index >= 15 is 0 Å². The first-order valence-electron chi connectivity index (χ1n) is 57.6. The van der Waals surface area contributed by atoms with Crippen molar-refractivity contribution < 1.29 is 25.1 Å². The largest absolute Gasteiger partial charge is 0.220 e.